The lowest BCUT2D eigenvalue weighted by atomic mass is 10.1. The molecular formula is C14H20N4O. The van der Waals surface area contributed by atoms with Gasteiger partial charge in [0.15, 0.2) is 0 Å². The summed E-state index contributed by atoms with van der Waals surface area (Å²) in [6, 6.07) is 7.54. The number of nitrogens with one attached hydrogen (secondary N) is 3. The van der Waals surface area contributed by atoms with Gasteiger partial charge in [0.1, 0.15) is 5.84 Å². The van der Waals surface area contributed by atoms with Crippen LogP contribution >= 0.6 is 0 Å². The number of benzene rings is 1. The summed E-state index contributed by atoms with van der Waals surface area (Å²) >= 11 is 0. The first-order valence-electron chi connectivity index (χ1n) is 6.63. The lowest BCUT2D eigenvalue weighted by molar-refractivity contribution is 0.236. The number of carbonyl (C=O) groups excluding carboxylic acids is 1. The van der Waals surface area contributed by atoms with Gasteiger partial charge in [0.2, 0.25) is 0 Å². The van der Waals surface area contributed by atoms with E-state index in [-0.39, 0.29) is 11.9 Å². The van der Waals surface area contributed by atoms with Crippen LogP contribution in [0.1, 0.15) is 36.8 Å². The first-order chi connectivity index (χ1) is 9.15. The second-order valence-corrected chi connectivity index (χ2v) is 4.92. The highest BCUT2D eigenvalue weighted by molar-refractivity contribution is 5.95. The summed E-state index contributed by atoms with van der Waals surface area (Å²) in [7, 11) is 0. The maximum Gasteiger partial charge on any atom is 0.315 e. The van der Waals surface area contributed by atoms with Crippen molar-refractivity contribution in [3.05, 3.63) is 35.4 Å². The lowest BCUT2D eigenvalue weighted by Gasteiger charge is -2.13. The third-order valence-corrected chi connectivity index (χ3v) is 3.38. The number of hydrogen-bond donors (Lipinski definition) is 4. The second kappa shape index (κ2) is 6.22. The standard InChI is InChI=1S/C14H20N4O/c15-13(16)11-5-3-4-10(8-11)9-17-14(19)18-12-6-1-2-7-12/h3-5,8,12H,1-2,6-7,9H2,(H3,15,16)(H2,17,18,19). The summed E-state index contributed by atoms with van der Waals surface area (Å²) in [5.74, 6) is 0.0391. The Kier molecular flexibility index (Phi) is 4.39. The average Bonchev–Trinajstić information content (AvgIpc) is 2.89. The van der Waals surface area contributed by atoms with Crippen LogP contribution in [0.25, 0.3) is 0 Å². The Balaban J connectivity index is 1.82. The van der Waals surface area contributed by atoms with Gasteiger partial charge in [-0.2, -0.15) is 0 Å². The van der Waals surface area contributed by atoms with E-state index in [1.54, 1.807) is 6.07 Å². The fourth-order valence-electron chi connectivity index (χ4n) is 2.34. The molecular weight excluding hydrogens is 240 g/mol. The number of rotatable bonds is 4. The molecule has 19 heavy (non-hydrogen) atoms. The van der Waals surface area contributed by atoms with Crippen LogP contribution < -0.4 is 16.4 Å². The quantitative estimate of drug-likeness (QED) is 0.490. The fourth-order valence-corrected chi connectivity index (χ4v) is 2.34. The zero-order valence-electron chi connectivity index (χ0n) is 10.9. The summed E-state index contributed by atoms with van der Waals surface area (Å²) in [4.78, 5) is 11.7. The van der Waals surface area contributed by atoms with E-state index in [1.165, 1.54) is 12.8 Å². The molecule has 102 valence electrons. The van der Waals surface area contributed by atoms with E-state index in [2.05, 4.69) is 10.6 Å². The molecule has 0 aliphatic heterocycles. The Bertz CT molecular complexity index is 466. The number of urea groups is 1. The minimum atomic E-state index is -0.125. The van der Waals surface area contributed by atoms with Crippen molar-refractivity contribution in [2.45, 2.75) is 38.3 Å². The van der Waals surface area contributed by atoms with Crippen molar-refractivity contribution in [3.8, 4) is 0 Å². The van der Waals surface area contributed by atoms with Crippen LogP contribution in [-0.2, 0) is 6.54 Å². The average molecular weight is 260 g/mol. The molecule has 1 aliphatic rings. The van der Waals surface area contributed by atoms with Gasteiger partial charge in [-0.3, -0.25) is 5.41 Å². The van der Waals surface area contributed by atoms with Gasteiger partial charge in [0.05, 0.1) is 0 Å². The molecule has 1 fully saturated rings. The molecule has 2 rings (SSSR count). The van der Waals surface area contributed by atoms with Crippen molar-refractivity contribution in [1.29, 1.82) is 5.41 Å². The van der Waals surface area contributed by atoms with Crippen LogP contribution in [0.4, 0.5) is 4.79 Å². The van der Waals surface area contributed by atoms with E-state index in [4.69, 9.17) is 11.1 Å². The Hall–Kier alpha value is -2.04. The van der Waals surface area contributed by atoms with Crippen molar-refractivity contribution < 1.29 is 4.79 Å². The van der Waals surface area contributed by atoms with Gasteiger partial charge in [0, 0.05) is 18.2 Å². The predicted molar refractivity (Wildman–Crippen MR) is 75.1 cm³/mol. The van der Waals surface area contributed by atoms with Crippen molar-refractivity contribution in [1.82, 2.24) is 10.6 Å². The summed E-state index contributed by atoms with van der Waals surface area (Å²) in [6.07, 6.45) is 4.55. The molecule has 5 nitrogen and oxygen atoms in total. The van der Waals surface area contributed by atoms with Crippen LogP contribution in [0.5, 0.6) is 0 Å². The topological polar surface area (TPSA) is 91.0 Å². The number of amides is 2. The highest BCUT2D eigenvalue weighted by Crippen LogP contribution is 2.17. The molecule has 0 heterocycles. The molecule has 1 aliphatic carbocycles. The summed E-state index contributed by atoms with van der Waals surface area (Å²) < 4.78 is 0. The van der Waals surface area contributed by atoms with Crippen LogP contribution in [0, 0.1) is 5.41 Å². The summed E-state index contributed by atoms with van der Waals surface area (Å²) in [5.41, 5.74) is 7.05. The first-order valence-corrected chi connectivity index (χ1v) is 6.63. The lowest BCUT2D eigenvalue weighted by Crippen LogP contribution is -2.40. The van der Waals surface area contributed by atoms with Crippen molar-refractivity contribution in [3.63, 3.8) is 0 Å². The normalized spacial score (nSPS) is 15.2. The molecule has 1 saturated carbocycles. The fraction of sp³-hybridized carbons (Fsp3) is 0.429. The SMILES string of the molecule is N=C(N)c1cccc(CNC(=O)NC2CCCC2)c1. The van der Waals surface area contributed by atoms with E-state index in [0.717, 1.165) is 18.4 Å². The van der Waals surface area contributed by atoms with Crippen molar-refractivity contribution in [2.24, 2.45) is 5.73 Å². The van der Waals surface area contributed by atoms with E-state index in [1.807, 2.05) is 18.2 Å². The Labute approximate surface area is 113 Å². The third-order valence-electron chi connectivity index (χ3n) is 3.38. The highest BCUT2D eigenvalue weighted by atomic mass is 16.2. The predicted octanol–water partition coefficient (Wildman–Crippen LogP) is 1.71. The molecule has 5 heteroatoms. The molecule has 5 N–H and O–H groups in total. The van der Waals surface area contributed by atoms with Gasteiger partial charge in [-0.25, -0.2) is 4.79 Å². The Morgan fingerprint density at radius 1 is 1.37 bits per heavy atom. The molecule has 0 spiro atoms. The highest BCUT2D eigenvalue weighted by Gasteiger charge is 2.16. The third kappa shape index (κ3) is 3.98. The van der Waals surface area contributed by atoms with E-state index < -0.39 is 0 Å². The van der Waals surface area contributed by atoms with E-state index >= 15 is 0 Å². The summed E-state index contributed by atoms with van der Waals surface area (Å²) in [6.45, 7) is 0.444. The number of hydrogen-bond acceptors (Lipinski definition) is 2. The van der Waals surface area contributed by atoms with Gasteiger partial charge < -0.3 is 16.4 Å². The number of amidine groups is 1. The summed E-state index contributed by atoms with van der Waals surface area (Å²) in [5, 5.41) is 13.2. The Morgan fingerprint density at radius 2 is 2.11 bits per heavy atom. The van der Waals surface area contributed by atoms with Crippen LogP contribution in [0.3, 0.4) is 0 Å². The minimum Gasteiger partial charge on any atom is -0.384 e. The molecule has 0 atom stereocenters. The molecule has 0 radical (unpaired) electrons. The number of nitrogen functional groups attached to an aromatic ring is 1. The molecule has 0 saturated heterocycles. The van der Waals surface area contributed by atoms with Gasteiger partial charge in [-0.15, -0.1) is 0 Å². The maximum atomic E-state index is 11.7. The van der Waals surface area contributed by atoms with E-state index in [9.17, 15) is 4.79 Å². The maximum absolute atomic E-state index is 11.7. The van der Waals surface area contributed by atoms with Crippen molar-refractivity contribution in [2.75, 3.05) is 0 Å². The monoisotopic (exact) mass is 260 g/mol. The van der Waals surface area contributed by atoms with Crippen LogP contribution in [0.2, 0.25) is 0 Å². The first kappa shape index (κ1) is 13.4. The molecule has 0 unspecified atom stereocenters. The van der Waals surface area contributed by atoms with Crippen LogP contribution in [0.15, 0.2) is 24.3 Å². The molecule has 0 aromatic heterocycles. The molecule has 1 aromatic rings. The second-order valence-electron chi connectivity index (χ2n) is 4.92. The molecule has 1 aromatic carbocycles. The smallest absolute Gasteiger partial charge is 0.315 e. The minimum absolute atomic E-state index is 0.0391. The molecule has 2 amide bonds. The van der Waals surface area contributed by atoms with E-state index in [0.29, 0.717) is 18.2 Å². The van der Waals surface area contributed by atoms with Gasteiger partial charge in [0.25, 0.3) is 0 Å². The number of nitrogens with two attached hydrogens (primary N) is 1. The van der Waals surface area contributed by atoms with Gasteiger partial charge in [-0.05, 0) is 24.5 Å². The van der Waals surface area contributed by atoms with Gasteiger partial charge in [-0.1, -0.05) is 31.0 Å². The zero-order chi connectivity index (χ0) is 13.7. The largest absolute Gasteiger partial charge is 0.384 e. The van der Waals surface area contributed by atoms with Gasteiger partial charge >= 0.3 is 6.03 Å². The number of carbonyl (C=O) groups is 1. The van der Waals surface area contributed by atoms with Crippen molar-refractivity contribution >= 4 is 11.9 Å². The molecule has 0 bridgehead atoms. The van der Waals surface area contributed by atoms with Crippen LogP contribution in [-0.4, -0.2) is 17.9 Å². The zero-order valence-corrected chi connectivity index (χ0v) is 10.9. The Morgan fingerprint density at radius 3 is 2.79 bits per heavy atom.